The number of carbonyl (C=O) groups excluding carboxylic acids is 3. The SMILES string of the molecule is CCCCCCCCCCCCCCCCCCCCCCC(=O)OCC(COC(=O)CCCCCCCCCCCCCCCCCCCCC)OC(=O)CCCCCCCCCCCCCCCCCCCCCC. The van der Waals surface area contributed by atoms with Crippen molar-refractivity contribution in [2.24, 2.45) is 0 Å². The molecule has 0 aliphatic heterocycles. The monoisotopic (exact) mass is 1090 g/mol. The maximum absolute atomic E-state index is 13.0. The quantitative estimate of drug-likeness (QED) is 0.0343. The second-order valence-corrected chi connectivity index (χ2v) is 24.5. The average molecular weight is 1090 g/mol. The van der Waals surface area contributed by atoms with Crippen LogP contribution in [0.2, 0.25) is 0 Å². The van der Waals surface area contributed by atoms with Crippen molar-refractivity contribution in [2.45, 2.75) is 425 Å². The van der Waals surface area contributed by atoms with E-state index >= 15 is 0 Å². The topological polar surface area (TPSA) is 78.9 Å². The second-order valence-electron chi connectivity index (χ2n) is 24.5. The highest BCUT2D eigenvalue weighted by atomic mass is 16.6. The lowest BCUT2D eigenvalue weighted by Crippen LogP contribution is -2.30. The molecule has 0 bridgehead atoms. The molecule has 0 heterocycles. The summed E-state index contributed by atoms with van der Waals surface area (Å²) in [5, 5.41) is 0. The summed E-state index contributed by atoms with van der Waals surface area (Å²) in [6, 6.07) is 0. The largest absolute Gasteiger partial charge is 0.462 e. The first kappa shape index (κ1) is 75.4. The minimum atomic E-state index is -0.763. The number of hydrogen-bond donors (Lipinski definition) is 0. The van der Waals surface area contributed by atoms with Crippen molar-refractivity contribution in [1.82, 2.24) is 0 Å². The molecule has 0 aliphatic carbocycles. The molecule has 0 fully saturated rings. The van der Waals surface area contributed by atoms with E-state index in [1.54, 1.807) is 0 Å². The van der Waals surface area contributed by atoms with Crippen molar-refractivity contribution in [2.75, 3.05) is 13.2 Å². The van der Waals surface area contributed by atoms with Crippen LogP contribution in [0.4, 0.5) is 0 Å². The van der Waals surface area contributed by atoms with Gasteiger partial charge in [0, 0.05) is 19.3 Å². The fourth-order valence-corrected chi connectivity index (χ4v) is 11.3. The third kappa shape index (κ3) is 65.1. The summed E-state index contributed by atoms with van der Waals surface area (Å²) in [6.07, 6.45) is 78.4. The van der Waals surface area contributed by atoms with E-state index in [-0.39, 0.29) is 31.1 Å². The molecule has 0 saturated carbocycles. The van der Waals surface area contributed by atoms with Gasteiger partial charge in [-0.25, -0.2) is 0 Å². The molecule has 0 aromatic rings. The van der Waals surface area contributed by atoms with Crippen molar-refractivity contribution in [3.05, 3.63) is 0 Å². The Kier molecular flexibility index (Phi) is 65.5. The van der Waals surface area contributed by atoms with Crippen LogP contribution in [0.25, 0.3) is 0 Å². The number of hydrogen-bond acceptors (Lipinski definition) is 6. The van der Waals surface area contributed by atoms with E-state index in [2.05, 4.69) is 20.8 Å². The molecule has 0 aliphatic rings. The van der Waals surface area contributed by atoms with Crippen LogP contribution in [-0.2, 0) is 28.6 Å². The Balaban J connectivity index is 4.27. The lowest BCUT2D eigenvalue weighted by molar-refractivity contribution is -0.167. The molecule has 0 rings (SSSR count). The summed E-state index contributed by atoms with van der Waals surface area (Å²) in [7, 11) is 0. The second kappa shape index (κ2) is 66.9. The van der Waals surface area contributed by atoms with E-state index in [0.717, 1.165) is 57.8 Å². The third-order valence-corrected chi connectivity index (χ3v) is 16.6. The molecule has 0 amide bonds. The zero-order valence-electron chi connectivity index (χ0n) is 52.8. The molecule has 0 radical (unpaired) electrons. The first-order valence-electron chi connectivity index (χ1n) is 35.5. The summed E-state index contributed by atoms with van der Waals surface area (Å²) in [6.45, 7) is 6.75. The Morgan fingerprint density at radius 1 is 0.208 bits per heavy atom. The van der Waals surface area contributed by atoms with E-state index in [4.69, 9.17) is 14.2 Å². The highest BCUT2D eigenvalue weighted by Gasteiger charge is 2.19. The van der Waals surface area contributed by atoms with Crippen molar-refractivity contribution in [3.8, 4) is 0 Å². The van der Waals surface area contributed by atoms with Crippen LogP contribution < -0.4 is 0 Å². The molecule has 458 valence electrons. The van der Waals surface area contributed by atoms with Crippen LogP contribution in [0.5, 0.6) is 0 Å². The van der Waals surface area contributed by atoms with E-state index in [1.807, 2.05) is 0 Å². The number of unbranched alkanes of at least 4 members (excludes halogenated alkanes) is 56. The van der Waals surface area contributed by atoms with Gasteiger partial charge in [0.2, 0.25) is 0 Å². The van der Waals surface area contributed by atoms with Crippen LogP contribution in [-0.4, -0.2) is 37.2 Å². The van der Waals surface area contributed by atoms with Gasteiger partial charge in [0.25, 0.3) is 0 Å². The van der Waals surface area contributed by atoms with E-state index in [0.29, 0.717) is 19.3 Å². The van der Waals surface area contributed by atoms with Gasteiger partial charge in [0.05, 0.1) is 0 Å². The first-order chi connectivity index (χ1) is 38.0. The number of esters is 3. The Morgan fingerprint density at radius 2 is 0.351 bits per heavy atom. The fourth-order valence-electron chi connectivity index (χ4n) is 11.3. The maximum atomic E-state index is 13.0. The molecule has 1 atom stereocenters. The molecule has 1 unspecified atom stereocenters. The molecular weight excluding hydrogens is 949 g/mol. The summed E-state index contributed by atoms with van der Waals surface area (Å²) in [5.74, 6) is -0.817. The lowest BCUT2D eigenvalue weighted by atomic mass is 10.0. The van der Waals surface area contributed by atoms with E-state index in [1.165, 1.54) is 321 Å². The Morgan fingerprint density at radius 3 is 0.519 bits per heavy atom. The van der Waals surface area contributed by atoms with Crippen molar-refractivity contribution in [3.63, 3.8) is 0 Å². The smallest absolute Gasteiger partial charge is 0.306 e. The van der Waals surface area contributed by atoms with Gasteiger partial charge in [-0.3, -0.25) is 14.4 Å². The van der Waals surface area contributed by atoms with Gasteiger partial charge in [-0.05, 0) is 19.3 Å². The van der Waals surface area contributed by atoms with Gasteiger partial charge in [-0.2, -0.15) is 0 Å². The Labute approximate surface area is 482 Å². The molecule has 0 aromatic heterocycles. The highest BCUT2D eigenvalue weighted by molar-refractivity contribution is 5.71. The van der Waals surface area contributed by atoms with Crippen molar-refractivity contribution >= 4 is 17.9 Å². The van der Waals surface area contributed by atoms with Crippen molar-refractivity contribution < 1.29 is 28.6 Å². The standard InChI is InChI=1S/C71H138O6/c1-4-7-10-13-16-19-22-25-28-31-34-37-40-43-46-49-52-55-58-61-64-70(73)76-67-68(66-75-69(72)63-60-57-54-51-48-45-42-39-36-33-30-27-24-21-18-15-12-9-6-3)77-71(74)65-62-59-56-53-50-47-44-41-38-35-32-29-26-23-20-17-14-11-8-5-2/h68H,4-67H2,1-3H3. The maximum Gasteiger partial charge on any atom is 0.306 e. The zero-order chi connectivity index (χ0) is 55.7. The third-order valence-electron chi connectivity index (χ3n) is 16.6. The molecular formula is C71H138O6. The van der Waals surface area contributed by atoms with Gasteiger partial charge >= 0.3 is 17.9 Å². The number of carbonyl (C=O) groups is 3. The number of rotatable bonds is 67. The van der Waals surface area contributed by atoms with Crippen LogP contribution in [0, 0.1) is 0 Å². The normalized spacial score (nSPS) is 11.9. The summed E-state index contributed by atoms with van der Waals surface area (Å²) >= 11 is 0. The molecule has 0 saturated heterocycles. The molecule has 6 heteroatoms. The van der Waals surface area contributed by atoms with E-state index in [9.17, 15) is 14.4 Å². The van der Waals surface area contributed by atoms with Crippen molar-refractivity contribution in [1.29, 1.82) is 0 Å². The Bertz CT molecular complexity index is 1160. The molecule has 77 heavy (non-hydrogen) atoms. The van der Waals surface area contributed by atoms with Gasteiger partial charge in [0.1, 0.15) is 13.2 Å². The van der Waals surface area contributed by atoms with Gasteiger partial charge < -0.3 is 14.2 Å². The first-order valence-corrected chi connectivity index (χ1v) is 35.5. The van der Waals surface area contributed by atoms with Gasteiger partial charge in [0.15, 0.2) is 6.10 Å². The van der Waals surface area contributed by atoms with Gasteiger partial charge in [-0.1, -0.05) is 380 Å². The predicted molar refractivity (Wildman–Crippen MR) is 335 cm³/mol. The van der Waals surface area contributed by atoms with Crippen LogP contribution in [0.15, 0.2) is 0 Å². The minimum Gasteiger partial charge on any atom is -0.462 e. The lowest BCUT2D eigenvalue weighted by Gasteiger charge is -2.18. The fraction of sp³-hybridized carbons (Fsp3) is 0.958. The predicted octanol–water partition coefficient (Wildman–Crippen LogP) is 24.2. The minimum absolute atomic E-state index is 0.0600. The molecule has 0 spiro atoms. The van der Waals surface area contributed by atoms with Crippen LogP contribution >= 0.6 is 0 Å². The highest BCUT2D eigenvalue weighted by Crippen LogP contribution is 2.19. The Hall–Kier alpha value is -1.59. The number of ether oxygens (including phenoxy) is 3. The van der Waals surface area contributed by atoms with Gasteiger partial charge in [-0.15, -0.1) is 0 Å². The zero-order valence-corrected chi connectivity index (χ0v) is 52.8. The van der Waals surface area contributed by atoms with Crippen LogP contribution in [0.3, 0.4) is 0 Å². The summed E-state index contributed by atoms with van der Waals surface area (Å²) in [4.78, 5) is 38.5. The molecule has 6 nitrogen and oxygen atoms in total. The summed E-state index contributed by atoms with van der Waals surface area (Å²) < 4.78 is 17.0. The van der Waals surface area contributed by atoms with E-state index < -0.39 is 6.10 Å². The molecule has 0 aromatic carbocycles. The molecule has 0 N–H and O–H groups in total. The van der Waals surface area contributed by atoms with Crippen LogP contribution in [0.1, 0.15) is 419 Å². The average Bonchev–Trinajstić information content (AvgIpc) is 3.43. The summed E-state index contributed by atoms with van der Waals surface area (Å²) in [5.41, 5.74) is 0.